The molecule has 3 rings (SSSR count). The lowest BCUT2D eigenvalue weighted by atomic mass is 10.0. The second-order valence-corrected chi connectivity index (χ2v) is 7.89. The molecule has 1 unspecified atom stereocenters. The van der Waals surface area contributed by atoms with Gasteiger partial charge in [-0.1, -0.05) is 12.1 Å². The Labute approximate surface area is 148 Å². The highest BCUT2D eigenvalue weighted by Crippen LogP contribution is 2.29. The topological polar surface area (TPSA) is 75.9 Å². The van der Waals surface area contributed by atoms with Gasteiger partial charge in [-0.2, -0.15) is 0 Å². The molecule has 6 nitrogen and oxygen atoms in total. The fourth-order valence-corrected chi connectivity index (χ4v) is 3.60. The second kappa shape index (κ2) is 6.58. The van der Waals surface area contributed by atoms with E-state index < -0.39 is 5.60 Å². The van der Waals surface area contributed by atoms with Gasteiger partial charge in [0.2, 0.25) is 0 Å². The van der Waals surface area contributed by atoms with Gasteiger partial charge in [0.15, 0.2) is 0 Å². The SMILES string of the molecule is CC(C)(C)OC(=O)N1CCCCC1CN1Cc2cccc(N)c2C1=O. The molecule has 2 amide bonds. The van der Waals surface area contributed by atoms with Crippen molar-refractivity contribution in [3.05, 3.63) is 29.3 Å². The number of hydrogen-bond donors (Lipinski definition) is 1. The lowest BCUT2D eigenvalue weighted by molar-refractivity contribution is 0.00515. The smallest absolute Gasteiger partial charge is 0.410 e. The number of amides is 2. The second-order valence-electron chi connectivity index (χ2n) is 7.89. The van der Waals surface area contributed by atoms with Crippen molar-refractivity contribution in [3.63, 3.8) is 0 Å². The van der Waals surface area contributed by atoms with E-state index in [9.17, 15) is 9.59 Å². The van der Waals surface area contributed by atoms with Gasteiger partial charge in [-0.25, -0.2) is 4.79 Å². The molecule has 2 aliphatic rings. The molecule has 25 heavy (non-hydrogen) atoms. The van der Waals surface area contributed by atoms with Gasteiger partial charge in [0.25, 0.3) is 5.91 Å². The van der Waals surface area contributed by atoms with Gasteiger partial charge in [0.1, 0.15) is 5.60 Å². The van der Waals surface area contributed by atoms with Crippen LogP contribution in [0.4, 0.5) is 10.5 Å². The van der Waals surface area contributed by atoms with Crippen LogP contribution in [0.15, 0.2) is 18.2 Å². The lowest BCUT2D eigenvalue weighted by Crippen LogP contribution is -2.51. The number of piperidine rings is 1. The van der Waals surface area contributed by atoms with Crippen molar-refractivity contribution in [1.82, 2.24) is 9.80 Å². The number of ether oxygens (including phenoxy) is 1. The highest BCUT2D eigenvalue weighted by Gasteiger charge is 2.35. The van der Waals surface area contributed by atoms with E-state index in [1.54, 1.807) is 15.9 Å². The fraction of sp³-hybridized carbons (Fsp3) is 0.579. The van der Waals surface area contributed by atoms with Crippen LogP contribution >= 0.6 is 0 Å². The molecule has 136 valence electrons. The van der Waals surface area contributed by atoms with Crippen LogP contribution in [0.25, 0.3) is 0 Å². The van der Waals surface area contributed by atoms with Gasteiger partial charge in [0.05, 0.1) is 11.6 Å². The number of likely N-dealkylation sites (tertiary alicyclic amines) is 1. The molecule has 6 heteroatoms. The summed E-state index contributed by atoms with van der Waals surface area (Å²) in [6, 6.07) is 5.56. The van der Waals surface area contributed by atoms with Crippen LogP contribution in [-0.4, -0.2) is 46.5 Å². The molecule has 0 bridgehead atoms. The number of hydrogen-bond acceptors (Lipinski definition) is 4. The van der Waals surface area contributed by atoms with Crippen molar-refractivity contribution in [2.24, 2.45) is 0 Å². The summed E-state index contributed by atoms with van der Waals surface area (Å²) < 4.78 is 5.54. The molecule has 2 aliphatic heterocycles. The number of anilines is 1. The maximum atomic E-state index is 12.7. The maximum Gasteiger partial charge on any atom is 0.410 e. The van der Waals surface area contributed by atoms with Crippen LogP contribution in [0.2, 0.25) is 0 Å². The summed E-state index contributed by atoms with van der Waals surface area (Å²) in [5.41, 5.74) is 7.55. The molecule has 0 aliphatic carbocycles. The monoisotopic (exact) mass is 345 g/mol. The normalized spacial score (nSPS) is 20.6. The first-order valence-electron chi connectivity index (χ1n) is 8.92. The van der Waals surface area contributed by atoms with Crippen molar-refractivity contribution in [2.75, 3.05) is 18.8 Å². The summed E-state index contributed by atoms with van der Waals surface area (Å²) in [5.74, 6) is -0.0391. The van der Waals surface area contributed by atoms with Crippen molar-refractivity contribution in [1.29, 1.82) is 0 Å². The highest BCUT2D eigenvalue weighted by molar-refractivity contribution is 6.03. The van der Waals surface area contributed by atoms with Gasteiger partial charge in [0, 0.05) is 25.3 Å². The lowest BCUT2D eigenvalue weighted by Gasteiger charge is -2.38. The molecular formula is C19H27N3O3. The van der Waals surface area contributed by atoms with Crippen molar-refractivity contribution >= 4 is 17.7 Å². The zero-order valence-corrected chi connectivity index (χ0v) is 15.2. The number of rotatable bonds is 2. The Morgan fingerprint density at radius 3 is 2.76 bits per heavy atom. The van der Waals surface area contributed by atoms with E-state index in [-0.39, 0.29) is 18.0 Å². The number of carbonyl (C=O) groups excluding carboxylic acids is 2. The minimum absolute atomic E-state index is 0.0110. The number of nitrogen functional groups attached to an aromatic ring is 1. The molecule has 2 N–H and O–H groups in total. The molecule has 0 saturated carbocycles. The van der Waals surface area contributed by atoms with Gasteiger partial charge in [-0.15, -0.1) is 0 Å². The van der Waals surface area contributed by atoms with Crippen molar-refractivity contribution in [3.8, 4) is 0 Å². The summed E-state index contributed by atoms with van der Waals surface area (Å²) in [7, 11) is 0. The van der Waals surface area contributed by atoms with Crippen LogP contribution in [0.3, 0.4) is 0 Å². The molecule has 0 radical (unpaired) electrons. The fourth-order valence-electron chi connectivity index (χ4n) is 3.60. The number of nitrogens with zero attached hydrogens (tertiary/aromatic N) is 2. The van der Waals surface area contributed by atoms with Crippen LogP contribution in [0.1, 0.15) is 56.0 Å². The van der Waals surface area contributed by atoms with Crippen molar-refractivity contribution in [2.45, 2.75) is 58.2 Å². The summed E-state index contributed by atoms with van der Waals surface area (Å²) in [6.45, 7) is 7.36. The number of carbonyl (C=O) groups is 2. The summed E-state index contributed by atoms with van der Waals surface area (Å²) in [5, 5.41) is 0. The van der Waals surface area contributed by atoms with Gasteiger partial charge in [-0.3, -0.25) is 4.79 Å². The molecule has 0 aromatic heterocycles. The standard InChI is InChI=1S/C19H27N3O3/c1-19(2,3)25-18(24)22-10-5-4-8-14(22)12-21-11-13-7-6-9-15(20)16(13)17(21)23/h6-7,9,14H,4-5,8,10-12,20H2,1-3H3. The zero-order chi connectivity index (χ0) is 18.2. The molecule has 1 atom stereocenters. The van der Waals surface area contributed by atoms with E-state index in [4.69, 9.17) is 10.5 Å². The summed E-state index contributed by atoms with van der Waals surface area (Å²) in [4.78, 5) is 28.8. The van der Waals surface area contributed by atoms with Crippen LogP contribution in [-0.2, 0) is 11.3 Å². The van der Waals surface area contributed by atoms with Crippen LogP contribution < -0.4 is 5.73 Å². The first kappa shape index (κ1) is 17.6. The van der Waals surface area contributed by atoms with E-state index >= 15 is 0 Å². The van der Waals surface area contributed by atoms with Crippen molar-refractivity contribution < 1.29 is 14.3 Å². The Kier molecular flexibility index (Phi) is 4.62. The average molecular weight is 345 g/mol. The highest BCUT2D eigenvalue weighted by atomic mass is 16.6. The van der Waals surface area contributed by atoms with E-state index in [0.717, 1.165) is 24.8 Å². The average Bonchev–Trinajstić information content (AvgIpc) is 2.83. The van der Waals surface area contributed by atoms with E-state index in [2.05, 4.69) is 0 Å². The Bertz CT molecular complexity index is 681. The van der Waals surface area contributed by atoms with Gasteiger partial charge >= 0.3 is 6.09 Å². The number of nitrogens with two attached hydrogens (primary N) is 1. The van der Waals surface area contributed by atoms with Crippen LogP contribution in [0, 0.1) is 0 Å². The maximum absolute atomic E-state index is 12.7. The summed E-state index contributed by atoms with van der Waals surface area (Å²) >= 11 is 0. The first-order chi connectivity index (χ1) is 11.8. The Morgan fingerprint density at radius 1 is 1.32 bits per heavy atom. The minimum Gasteiger partial charge on any atom is -0.444 e. The third kappa shape index (κ3) is 3.72. The Balaban J connectivity index is 1.72. The van der Waals surface area contributed by atoms with E-state index in [0.29, 0.717) is 30.9 Å². The number of benzene rings is 1. The molecule has 1 aromatic rings. The molecule has 1 fully saturated rings. The third-order valence-corrected chi connectivity index (χ3v) is 4.73. The Hall–Kier alpha value is -2.24. The van der Waals surface area contributed by atoms with E-state index in [1.807, 2.05) is 32.9 Å². The molecule has 0 spiro atoms. The third-order valence-electron chi connectivity index (χ3n) is 4.73. The molecule has 2 heterocycles. The minimum atomic E-state index is -0.521. The number of fused-ring (bicyclic) bond motifs is 1. The molecule has 1 aromatic carbocycles. The predicted molar refractivity (Wildman–Crippen MR) is 96.2 cm³/mol. The van der Waals surface area contributed by atoms with Gasteiger partial charge in [-0.05, 0) is 51.7 Å². The quantitative estimate of drug-likeness (QED) is 0.836. The Morgan fingerprint density at radius 2 is 2.08 bits per heavy atom. The zero-order valence-electron chi connectivity index (χ0n) is 15.2. The molecule has 1 saturated heterocycles. The summed E-state index contributed by atoms with van der Waals surface area (Å²) in [6.07, 6.45) is 2.62. The van der Waals surface area contributed by atoms with E-state index in [1.165, 1.54) is 0 Å². The van der Waals surface area contributed by atoms with Crippen LogP contribution in [0.5, 0.6) is 0 Å². The largest absolute Gasteiger partial charge is 0.444 e. The first-order valence-corrected chi connectivity index (χ1v) is 8.92. The molecular weight excluding hydrogens is 318 g/mol. The van der Waals surface area contributed by atoms with Gasteiger partial charge < -0.3 is 20.3 Å². The predicted octanol–water partition coefficient (Wildman–Crippen LogP) is 3.01.